The van der Waals surface area contributed by atoms with E-state index in [9.17, 15) is 9.00 Å². The summed E-state index contributed by atoms with van der Waals surface area (Å²) in [4.78, 5) is 11.6. The molecular formula is C11H22N2O2S. The van der Waals surface area contributed by atoms with Crippen molar-refractivity contribution in [3.63, 3.8) is 0 Å². The Bertz CT molecular complexity index is 252. The molecular weight excluding hydrogens is 224 g/mol. The molecule has 94 valence electrons. The number of nitrogens with one attached hydrogen (secondary N) is 2. The Morgan fingerprint density at radius 2 is 2.06 bits per heavy atom. The van der Waals surface area contributed by atoms with Crippen molar-refractivity contribution in [1.82, 2.24) is 10.6 Å². The number of carbonyl (C=O) groups excluding carboxylic acids is 1. The van der Waals surface area contributed by atoms with Crippen LogP contribution in [0.2, 0.25) is 0 Å². The Morgan fingerprint density at radius 1 is 1.44 bits per heavy atom. The van der Waals surface area contributed by atoms with E-state index in [-0.39, 0.29) is 12.1 Å². The quantitative estimate of drug-likeness (QED) is 0.770. The number of hydrogen-bond donors (Lipinski definition) is 2. The van der Waals surface area contributed by atoms with Gasteiger partial charge in [0.05, 0.1) is 0 Å². The fraction of sp³-hybridized carbons (Fsp3) is 0.909. The van der Waals surface area contributed by atoms with Crippen LogP contribution >= 0.6 is 0 Å². The SMILES string of the molecule is CC(CCS(C)=O)NC(=O)NC1CCCC1. The maximum atomic E-state index is 11.6. The van der Waals surface area contributed by atoms with E-state index >= 15 is 0 Å². The fourth-order valence-electron chi connectivity index (χ4n) is 1.94. The lowest BCUT2D eigenvalue weighted by Gasteiger charge is -2.17. The van der Waals surface area contributed by atoms with Crippen LogP contribution in [-0.2, 0) is 10.8 Å². The summed E-state index contributed by atoms with van der Waals surface area (Å²) in [5.74, 6) is 0.644. The van der Waals surface area contributed by atoms with Crippen LogP contribution in [0, 0.1) is 0 Å². The Kier molecular flexibility index (Phi) is 5.80. The topological polar surface area (TPSA) is 58.2 Å². The predicted molar refractivity (Wildman–Crippen MR) is 66.9 cm³/mol. The molecule has 4 nitrogen and oxygen atoms in total. The van der Waals surface area contributed by atoms with E-state index in [0.717, 1.165) is 19.3 Å². The molecule has 5 heteroatoms. The molecule has 16 heavy (non-hydrogen) atoms. The first-order valence-corrected chi connectivity index (χ1v) is 7.67. The van der Waals surface area contributed by atoms with E-state index in [1.807, 2.05) is 6.92 Å². The number of rotatable bonds is 5. The van der Waals surface area contributed by atoms with Crippen molar-refractivity contribution in [3.05, 3.63) is 0 Å². The molecule has 0 spiro atoms. The van der Waals surface area contributed by atoms with E-state index < -0.39 is 10.8 Å². The summed E-state index contributed by atoms with van der Waals surface area (Å²) in [6.45, 7) is 1.95. The van der Waals surface area contributed by atoms with Crippen molar-refractivity contribution in [3.8, 4) is 0 Å². The van der Waals surface area contributed by atoms with Crippen LogP contribution in [-0.4, -0.2) is 34.3 Å². The Balaban J connectivity index is 2.14. The molecule has 2 unspecified atom stereocenters. The summed E-state index contributed by atoms with van der Waals surface area (Å²) in [6.07, 6.45) is 7.08. The van der Waals surface area contributed by atoms with Crippen LogP contribution in [0.5, 0.6) is 0 Å². The molecule has 2 atom stereocenters. The van der Waals surface area contributed by atoms with Crippen molar-refractivity contribution in [2.45, 2.75) is 51.1 Å². The van der Waals surface area contributed by atoms with Gasteiger partial charge in [-0.3, -0.25) is 4.21 Å². The summed E-state index contributed by atoms with van der Waals surface area (Å²) >= 11 is 0. The highest BCUT2D eigenvalue weighted by Crippen LogP contribution is 2.17. The second-order valence-electron chi connectivity index (χ2n) is 4.57. The molecule has 0 aliphatic heterocycles. The highest BCUT2D eigenvalue weighted by molar-refractivity contribution is 7.84. The number of urea groups is 1. The van der Waals surface area contributed by atoms with E-state index in [1.54, 1.807) is 6.26 Å². The Morgan fingerprint density at radius 3 is 2.62 bits per heavy atom. The standard InChI is InChI=1S/C11H22N2O2S/c1-9(7-8-16(2)15)12-11(14)13-10-5-3-4-6-10/h9-10H,3-8H2,1-2H3,(H2,12,13,14). The third-order valence-corrected chi connectivity index (χ3v) is 3.72. The van der Waals surface area contributed by atoms with Gasteiger partial charge < -0.3 is 10.6 Å². The van der Waals surface area contributed by atoms with Crippen molar-refractivity contribution in [2.75, 3.05) is 12.0 Å². The molecule has 1 aliphatic rings. The van der Waals surface area contributed by atoms with Crippen LogP contribution in [0.4, 0.5) is 4.79 Å². The Hall–Kier alpha value is -0.580. The van der Waals surface area contributed by atoms with Crippen molar-refractivity contribution in [2.24, 2.45) is 0 Å². The van der Waals surface area contributed by atoms with Crippen molar-refractivity contribution < 1.29 is 9.00 Å². The first-order valence-electron chi connectivity index (χ1n) is 5.95. The summed E-state index contributed by atoms with van der Waals surface area (Å²) < 4.78 is 10.9. The lowest BCUT2D eigenvalue weighted by atomic mass is 10.2. The van der Waals surface area contributed by atoms with Gasteiger partial charge in [0.2, 0.25) is 0 Å². The van der Waals surface area contributed by atoms with Gasteiger partial charge in [0, 0.05) is 34.9 Å². The number of carbonyl (C=O) groups is 1. The number of amides is 2. The second kappa shape index (κ2) is 6.89. The molecule has 0 aromatic carbocycles. The van der Waals surface area contributed by atoms with Gasteiger partial charge in [0.15, 0.2) is 0 Å². The predicted octanol–water partition coefficient (Wildman–Crippen LogP) is 1.39. The Labute approximate surface area is 100 Å². The van der Waals surface area contributed by atoms with Crippen LogP contribution in [0.3, 0.4) is 0 Å². The van der Waals surface area contributed by atoms with Crippen LogP contribution in [0.1, 0.15) is 39.0 Å². The molecule has 0 radical (unpaired) electrons. The largest absolute Gasteiger partial charge is 0.336 e. The number of hydrogen-bond acceptors (Lipinski definition) is 2. The van der Waals surface area contributed by atoms with E-state index in [4.69, 9.17) is 0 Å². The van der Waals surface area contributed by atoms with Gasteiger partial charge in [0.25, 0.3) is 0 Å². The second-order valence-corrected chi connectivity index (χ2v) is 6.12. The highest BCUT2D eigenvalue weighted by Gasteiger charge is 2.17. The van der Waals surface area contributed by atoms with Gasteiger partial charge in [0.1, 0.15) is 0 Å². The van der Waals surface area contributed by atoms with Crippen molar-refractivity contribution >= 4 is 16.8 Å². The third-order valence-electron chi connectivity index (χ3n) is 2.91. The maximum absolute atomic E-state index is 11.6. The first kappa shape index (κ1) is 13.5. The van der Waals surface area contributed by atoms with Crippen LogP contribution < -0.4 is 10.6 Å². The fourth-order valence-corrected chi connectivity index (χ4v) is 2.62. The van der Waals surface area contributed by atoms with E-state index in [1.165, 1.54) is 12.8 Å². The molecule has 1 fully saturated rings. The zero-order chi connectivity index (χ0) is 12.0. The van der Waals surface area contributed by atoms with Gasteiger partial charge >= 0.3 is 6.03 Å². The van der Waals surface area contributed by atoms with Gasteiger partial charge in [-0.1, -0.05) is 12.8 Å². The van der Waals surface area contributed by atoms with Crippen LogP contribution in [0.15, 0.2) is 0 Å². The van der Waals surface area contributed by atoms with E-state index in [2.05, 4.69) is 10.6 Å². The van der Waals surface area contributed by atoms with Gasteiger partial charge in [-0.25, -0.2) is 4.79 Å². The minimum absolute atomic E-state index is 0.0821. The molecule has 0 bridgehead atoms. The molecule has 1 aliphatic carbocycles. The third kappa shape index (κ3) is 5.49. The normalized spacial score (nSPS) is 20.4. The van der Waals surface area contributed by atoms with Gasteiger partial charge in [-0.15, -0.1) is 0 Å². The molecule has 1 saturated carbocycles. The van der Waals surface area contributed by atoms with Gasteiger partial charge in [-0.05, 0) is 26.2 Å². The molecule has 0 aromatic heterocycles. The minimum Gasteiger partial charge on any atom is -0.336 e. The molecule has 1 rings (SSSR count). The molecule has 2 N–H and O–H groups in total. The molecule has 0 aromatic rings. The van der Waals surface area contributed by atoms with Crippen LogP contribution in [0.25, 0.3) is 0 Å². The molecule has 0 heterocycles. The summed E-state index contributed by atoms with van der Waals surface area (Å²) in [7, 11) is -0.777. The zero-order valence-corrected chi connectivity index (χ0v) is 10.9. The maximum Gasteiger partial charge on any atom is 0.315 e. The molecule has 0 saturated heterocycles. The van der Waals surface area contributed by atoms with Crippen molar-refractivity contribution in [1.29, 1.82) is 0 Å². The summed E-state index contributed by atoms with van der Waals surface area (Å²) in [5.41, 5.74) is 0. The summed E-state index contributed by atoms with van der Waals surface area (Å²) in [6, 6.07) is 0.360. The van der Waals surface area contributed by atoms with E-state index in [0.29, 0.717) is 11.8 Å². The monoisotopic (exact) mass is 246 g/mol. The lowest BCUT2D eigenvalue weighted by Crippen LogP contribution is -2.44. The first-order chi connectivity index (χ1) is 7.58. The summed E-state index contributed by atoms with van der Waals surface area (Å²) in [5, 5.41) is 5.85. The zero-order valence-electron chi connectivity index (χ0n) is 10.1. The highest BCUT2D eigenvalue weighted by atomic mass is 32.2. The average molecular weight is 246 g/mol. The minimum atomic E-state index is -0.777. The smallest absolute Gasteiger partial charge is 0.315 e. The van der Waals surface area contributed by atoms with Gasteiger partial charge in [-0.2, -0.15) is 0 Å². The average Bonchev–Trinajstić information content (AvgIpc) is 2.67. The lowest BCUT2D eigenvalue weighted by molar-refractivity contribution is 0.233. The molecule has 2 amide bonds.